The molecule has 0 radical (unpaired) electrons. The molecule has 13 rings (SSSR count). The van der Waals surface area contributed by atoms with E-state index >= 15 is 0 Å². The summed E-state index contributed by atoms with van der Waals surface area (Å²) in [5.41, 5.74) is 0.867. The Balaban J connectivity index is 0.000000256. The van der Waals surface area contributed by atoms with Crippen molar-refractivity contribution >= 4 is 0 Å². The van der Waals surface area contributed by atoms with Gasteiger partial charge in [0, 0.05) is 106 Å². The summed E-state index contributed by atoms with van der Waals surface area (Å²) in [6, 6.07) is 0. The molecule has 0 saturated heterocycles. The van der Waals surface area contributed by atoms with Gasteiger partial charge in [0.25, 0.3) is 0 Å². The largest absolute Gasteiger partial charge is 0.381 e. The quantitative estimate of drug-likeness (QED) is 0.0471. The molecule has 634 valence electrons. The van der Waals surface area contributed by atoms with Crippen LogP contribution in [0.5, 0.6) is 0 Å². The Morgan fingerprint density at radius 2 is 0.617 bits per heavy atom. The Morgan fingerprint density at radius 3 is 1.05 bits per heavy atom. The molecule has 0 heterocycles. The molecule has 0 aromatic carbocycles. The van der Waals surface area contributed by atoms with Gasteiger partial charge < -0.3 is 42.6 Å². The highest BCUT2D eigenvalue weighted by Gasteiger charge is 2.53. The molecular weight excluding hydrogens is 1320 g/mol. The van der Waals surface area contributed by atoms with E-state index < -0.39 is 0 Å². The number of fused-ring (bicyclic) bond motifs is 3. The zero-order valence-electron chi connectivity index (χ0n) is 74.5. The number of ether oxygens (including phenoxy) is 9. The van der Waals surface area contributed by atoms with Crippen LogP contribution in [0.2, 0.25) is 0 Å². The van der Waals surface area contributed by atoms with E-state index in [1.165, 1.54) is 263 Å². The molecule has 12 fully saturated rings. The van der Waals surface area contributed by atoms with Crippen LogP contribution >= 0.6 is 0 Å². The van der Waals surface area contributed by atoms with Crippen molar-refractivity contribution in [2.75, 3.05) is 119 Å². The van der Waals surface area contributed by atoms with E-state index in [0.717, 1.165) is 220 Å². The molecule has 9 heteroatoms. The highest BCUT2D eigenvalue weighted by atomic mass is 16.5. The summed E-state index contributed by atoms with van der Waals surface area (Å²) in [5, 5.41) is 0. The van der Waals surface area contributed by atoms with Crippen molar-refractivity contribution in [1.29, 1.82) is 0 Å². The molecule has 13 aliphatic rings. The molecule has 0 aromatic rings. The van der Waals surface area contributed by atoms with Gasteiger partial charge in [-0.3, -0.25) is 0 Å². The molecule has 13 aliphatic carbocycles. The lowest BCUT2D eigenvalue weighted by Crippen LogP contribution is -2.29. The molecule has 0 amide bonds. The van der Waals surface area contributed by atoms with Gasteiger partial charge in [-0.1, -0.05) is 182 Å². The SMILES string of the molecule is CCOCC(C)(CC)CC.CCOCC(CC)(CC)CC.CCOCC1C2CC3CC(C2)C1C3.CCOCC1CC2C=CC1C2.CCOCC1CCC(C2CCCCC2)CC1.CCOCC1CCC2CCCCC2C1.CCOCC1CCCC1.CCOCC1CCCCCC1.CCOCC1CCCCCCC1. The van der Waals surface area contributed by atoms with Gasteiger partial charge in [0.15, 0.2) is 0 Å². The van der Waals surface area contributed by atoms with Gasteiger partial charge in [-0.2, -0.15) is 0 Å². The Bertz CT molecular complexity index is 1960. The smallest absolute Gasteiger partial charge is 0.0521 e. The fraction of sp³-hybridized carbons (Fsp3) is 0.980. The van der Waals surface area contributed by atoms with Gasteiger partial charge in [0.2, 0.25) is 0 Å². The normalized spacial score (nSPS) is 29.1. The van der Waals surface area contributed by atoms with E-state index in [9.17, 15) is 0 Å². The maximum absolute atomic E-state index is 5.62. The topological polar surface area (TPSA) is 83.1 Å². The lowest BCUT2D eigenvalue weighted by Gasteiger charge is -2.39. The first kappa shape index (κ1) is 98.7. The molecule has 11 unspecified atom stereocenters. The molecule has 0 aromatic heterocycles. The molecule has 107 heavy (non-hydrogen) atoms. The van der Waals surface area contributed by atoms with E-state index in [0.29, 0.717) is 10.8 Å². The highest BCUT2D eigenvalue weighted by molar-refractivity contribution is 5.10. The summed E-state index contributed by atoms with van der Waals surface area (Å²) in [6.45, 7) is 49.1. The van der Waals surface area contributed by atoms with Crippen molar-refractivity contribution in [3.63, 3.8) is 0 Å². The van der Waals surface area contributed by atoms with Crippen LogP contribution in [0.4, 0.5) is 0 Å². The van der Waals surface area contributed by atoms with Crippen LogP contribution in [-0.4, -0.2) is 119 Å². The Morgan fingerprint density at radius 1 is 0.262 bits per heavy atom. The molecule has 11 atom stereocenters. The second-order valence-electron chi connectivity index (χ2n) is 36.5. The van der Waals surface area contributed by atoms with Gasteiger partial charge in [-0.15, -0.1) is 0 Å². The molecule has 6 bridgehead atoms. The van der Waals surface area contributed by atoms with Crippen LogP contribution in [-0.2, 0) is 42.6 Å². The number of rotatable bonds is 33. The third-order valence-corrected chi connectivity index (χ3v) is 29.3. The fourth-order valence-electron chi connectivity index (χ4n) is 21.3. The summed E-state index contributed by atoms with van der Waals surface area (Å²) >= 11 is 0. The third kappa shape index (κ3) is 41.2. The van der Waals surface area contributed by atoms with Crippen molar-refractivity contribution < 1.29 is 42.6 Å². The predicted octanol–water partition coefficient (Wildman–Crippen LogP) is 27.7. The minimum Gasteiger partial charge on any atom is -0.381 e. The van der Waals surface area contributed by atoms with Crippen LogP contribution in [0.15, 0.2) is 12.2 Å². The second-order valence-corrected chi connectivity index (χ2v) is 36.5. The van der Waals surface area contributed by atoms with E-state index in [-0.39, 0.29) is 0 Å². The first-order valence-electron chi connectivity index (χ1n) is 48.2. The van der Waals surface area contributed by atoms with Gasteiger partial charge in [-0.05, 0) is 328 Å². The van der Waals surface area contributed by atoms with Gasteiger partial charge >= 0.3 is 0 Å². The molecular formula is C98H188O9. The maximum atomic E-state index is 5.62. The van der Waals surface area contributed by atoms with Crippen LogP contribution in [0.1, 0.15) is 386 Å². The van der Waals surface area contributed by atoms with Crippen LogP contribution in [0, 0.1) is 111 Å². The fourth-order valence-corrected chi connectivity index (χ4v) is 21.3. The molecule has 0 spiro atoms. The monoisotopic (exact) mass is 1510 g/mol. The zero-order valence-corrected chi connectivity index (χ0v) is 74.5. The van der Waals surface area contributed by atoms with Crippen molar-refractivity contribution in [3.8, 4) is 0 Å². The average Bonchev–Trinajstić information content (AvgIpc) is 1.57. The number of hydrogen-bond donors (Lipinski definition) is 0. The van der Waals surface area contributed by atoms with Crippen molar-refractivity contribution in [1.82, 2.24) is 0 Å². The standard InChI is InChI=1S/C15H28O.C13H24O.C12H20O.C11H22O.C10H16O.C10H20O.C10H22O.C9H20O.C8H16O/c1-2-16-12-13-8-10-15(11-9-13)14-6-4-3-5-7-14;1-2-14-10-11-7-8-12-5-3-4-6-13(12)9-11;1-2-13-7-12-10-4-8-3-9(6-10)11(12)5-8;1-2-12-10-11-8-6-4-3-5-7-9-11;1-2-11-7-10-6-8-3-4-9(10)5-8;1-2-11-9-10-7-5-3-4-6-8-10;1-5-10(6-2,7-3)9-11-8-4;1-5-9(4,6-2)8-10-7-3;1-2-9-7-8-5-3-4-6-8/h13-15H,2-12H2,1H3;11-13H,2-10H2,1H3;8-12H,2-7H2,1H3;11H,2-10H2,1H3;3-4,8-10H,2,5-7H2,1H3;10H,2-9H2,1H3;5-9H2,1-4H3;5-8H2,1-4H3;8H,2-7H2,1H3. The lowest BCUT2D eigenvalue weighted by molar-refractivity contribution is 0.0421. The lowest BCUT2D eigenvalue weighted by atomic mass is 9.68. The Hall–Kier alpha value is -0.620. The highest BCUT2D eigenvalue weighted by Crippen LogP contribution is 2.61. The average molecular weight is 1510 g/mol. The summed E-state index contributed by atoms with van der Waals surface area (Å²) in [5.74, 6) is 16.6. The zero-order chi connectivity index (χ0) is 77.4. The second kappa shape index (κ2) is 62.6. The van der Waals surface area contributed by atoms with Crippen LogP contribution < -0.4 is 0 Å². The van der Waals surface area contributed by atoms with Crippen molar-refractivity contribution in [2.45, 2.75) is 386 Å². The van der Waals surface area contributed by atoms with E-state index in [1.807, 2.05) is 6.92 Å². The van der Waals surface area contributed by atoms with E-state index in [2.05, 4.69) is 109 Å². The molecule has 12 saturated carbocycles. The third-order valence-electron chi connectivity index (χ3n) is 29.3. The summed E-state index contributed by atoms with van der Waals surface area (Å²) in [7, 11) is 0. The predicted molar refractivity (Wildman–Crippen MR) is 459 cm³/mol. The Labute approximate surface area is 667 Å². The number of hydrogen-bond acceptors (Lipinski definition) is 9. The first-order chi connectivity index (χ1) is 52.3. The van der Waals surface area contributed by atoms with Gasteiger partial charge in [0.1, 0.15) is 0 Å². The van der Waals surface area contributed by atoms with Crippen LogP contribution in [0.3, 0.4) is 0 Å². The van der Waals surface area contributed by atoms with Gasteiger partial charge in [-0.25, -0.2) is 0 Å². The summed E-state index contributed by atoms with van der Waals surface area (Å²) in [4.78, 5) is 0. The molecule has 0 aliphatic heterocycles. The van der Waals surface area contributed by atoms with Crippen molar-refractivity contribution in [2.24, 2.45) is 111 Å². The minimum atomic E-state index is 0.413. The van der Waals surface area contributed by atoms with E-state index in [1.54, 1.807) is 19.3 Å². The molecule has 0 N–H and O–H groups in total. The van der Waals surface area contributed by atoms with Crippen molar-refractivity contribution in [3.05, 3.63) is 12.2 Å². The van der Waals surface area contributed by atoms with Crippen LogP contribution in [0.25, 0.3) is 0 Å². The first-order valence-corrected chi connectivity index (χ1v) is 48.2. The van der Waals surface area contributed by atoms with E-state index in [4.69, 9.17) is 42.6 Å². The van der Waals surface area contributed by atoms with Gasteiger partial charge in [0.05, 0.1) is 13.2 Å². The molecule has 9 nitrogen and oxygen atoms in total. The minimum absolute atomic E-state index is 0.413. The number of allylic oxidation sites excluding steroid dienone is 2. The maximum Gasteiger partial charge on any atom is 0.0521 e. The summed E-state index contributed by atoms with van der Waals surface area (Å²) in [6.07, 6.45) is 67.9. The summed E-state index contributed by atoms with van der Waals surface area (Å²) < 4.78 is 49.2. The Kier molecular flexibility index (Phi) is 57.8.